The highest BCUT2D eigenvalue weighted by atomic mass is 32.2. The van der Waals surface area contributed by atoms with E-state index >= 15 is 0 Å². The first-order valence-corrected chi connectivity index (χ1v) is 8.36. The third-order valence-electron chi connectivity index (χ3n) is 3.84. The van der Waals surface area contributed by atoms with Gasteiger partial charge in [-0.1, -0.05) is 12.1 Å². The van der Waals surface area contributed by atoms with Crippen molar-refractivity contribution in [2.45, 2.75) is 23.9 Å². The fraction of sp³-hybridized carbons (Fsp3) is 0.167. The van der Waals surface area contributed by atoms with Crippen molar-refractivity contribution in [2.24, 2.45) is 7.05 Å². The Labute approximate surface area is 145 Å². The van der Waals surface area contributed by atoms with Gasteiger partial charge in [0.05, 0.1) is 0 Å². The van der Waals surface area contributed by atoms with Crippen LogP contribution in [0.4, 0.5) is 5.69 Å². The summed E-state index contributed by atoms with van der Waals surface area (Å²) in [6.45, 7) is 3.97. The summed E-state index contributed by atoms with van der Waals surface area (Å²) >= 11 is 1.53. The number of carbonyl (C=O) groups excluding carboxylic acids is 1. The van der Waals surface area contributed by atoms with E-state index < -0.39 is 0 Å². The first-order chi connectivity index (χ1) is 11.5. The van der Waals surface area contributed by atoms with Gasteiger partial charge in [-0.05, 0) is 67.1 Å². The molecule has 1 aromatic heterocycles. The first kappa shape index (κ1) is 16.3. The molecule has 122 valence electrons. The van der Waals surface area contributed by atoms with E-state index in [0.29, 0.717) is 5.56 Å². The predicted molar refractivity (Wildman–Crippen MR) is 95.4 cm³/mol. The van der Waals surface area contributed by atoms with E-state index in [1.165, 1.54) is 11.8 Å². The van der Waals surface area contributed by atoms with Crippen molar-refractivity contribution in [1.29, 1.82) is 0 Å². The highest BCUT2D eigenvalue weighted by molar-refractivity contribution is 7.99. The number of aromatic nitrogens is 3. The molecule has 0 atom stereocenters. The third-order valence-corrected chi connectivity index (χ3v) is 4.90. The van der Waals surface area contributed by atoms with Crippen molar-refractivity contribution in [3.8, 4) is 0 Å². The Hall–Kier alpha value is -2.60. The van der Waals surface area contributed by atoms with Crippen molar-refractivity contribution < 1.29 is 4.79 Å². The quantitative estimate of drug-likeness (QED) is 0.785. The molecule has 24 heavy (non-hydrogen) atoms. The Balaban J connectivity index is 1.71. The summed E-state index contributed by atoms with van der Waals surface area (Å²) in [7, 11) is 1.90. The Bertz CT molecular complexity index is 871. The Kier molecular flexibility index (Phi) is 4.66. The first-order valence-electron chi connectivity index (χ1n) is 7.54. The highest BCUT2D eigenvalue weighted by Crippen LogP contribution is 2.26. The fourth-order valence-electron chi connectivity index (χ4n) is 2.27. The number of benzene rings is 2. The molecule has 0 aliphatic carbocycles. The van der Waals surface area contributed by atoms with Crippen molar-refractivity contribution in [3.63, 3.8) is 0 Å². The van der Waals surface area contributed by atoms with E-state index in [4.69, 9.17) is 0 Å². The molecule has 0 spiro atoms. The molecule has 1 heterocycles. The van der Waals surface area contributed by atoms with Crippen LogP contribution in [0.5, 0.6) is 0 Å². The topological polar surface area (TPSA) is 59.8 Å². The van der Waals surface area contributed by atoms with Crippen molar-refractivity contribution in [1.82, 2.24) is 14.8 Å². The van der Waals surface area contributed by atoms with Gasteiger partial charge in [-0.2, -0.15) is 0 Å². The van der Waals surface area contributed by atoms with Crippen molar-refractivity contribution in [2.75, 3.05) is 5.32 Å². The fourth-order valence-corrected chi connectivity index (χ4v) is 3.03. The second-order valence-electron chi connectivity index (χ2n) is 5.55. The highest BCUT2D eigenvalue weighted by Gasteiger charge is 2.10. The number of hydrogen-bond acceptors (Lipinski definition) is 4. The smallest absolute Gasteiger partial charge is 0.255 e. The summed E-state index contributed by atoms with van der Waals surface area (Å²) in [5.74, 6) is -0.0927. The zero-order valence-electron chi connectivity index (χ0n) is 13.8. The Morgan fingerprint density at radius 3 is 2.54 bits per heavy atom. The van der Waals surface area contributed by atoms with E-state index in [1.54, 1.807) is 6.33 Å². The molecule has 1 amide bonds. The molecule has 0 bridgehead atoms. The normalized spacial score (nSPS) is 10.6. The second kappa shape index (κ2) is 6.88. The minimum absolute atomic E-state index is 0.0927. The minimum atomic E-state index is -0.0927. The summed E-state index contributed by atoms with van der Waals surface area (Å²) in [5, 5.41) is 11.7. The second-order valence-corrected chi connectivity index (χ2v) is 6.59. The SMILES string of the molecule is Cc1cccc(C(=O)Nc2ccc(Sc3nncn3C)cc2)c1C. The average molecular weight is 338 g/mol. The van der Waals surface area contributed by atoms with Gasteiger partial charge in [0.1, 0.15) is 6.33 Å². The largest absolute Gasteiger partial charge is 0.322 e. The van der Waals surface area contributed by atoms with Crippen LogP contribution in [-0.2, 0) is 7.05 Å². The van der Waals surface area contributed by atoms with Crippen LogP contribution in [0.15, 0.2) is 58.8 Å². The Morgan fingerprint density at radius 2 is 1.88 bits per heavy atom. The van der Waals surface area contributed by atoms with Gasteiger partial charge in [0.15, 0.2) is 5.16 Å². The molecule has 0 aliphatic heterocycles. The molecule has 3 aromatic rings. The molecule has 5 nitrogen and oxygen atoms in total. The molecule has 0 unspecified atom stereocenters. The number of hydrogen-bond donors (Lipinski definition) is 1. The number of carbonyl (C=O) groups is 1. The van der Waals surface area contributed by atoms with Crippen LogP contribution in [-0.4, -0.2) is 20.7 Å². The maximum absolute atomic E-state index is 12.4. The van der Waals surface area contributed by atoms with Crippen LogP contribution in [0, 0.1) is 13.8 Å². The molecule has 2 aromatic carbocycles. The maximum atomic E-state index is 12.4. The van der Waals surface area contributed by atoms with Gasteiger partial charge >= 0.3 is 0 Å². The molecule has 0 fully saturated rings. The summed E-state index contributed by atoms with van der Waals surface area (Å²) < 4.78 is 1.86. The number of nitrogens with zero attached hydrogens (tertiary/aromatic N) is 3. The average Bonchev–Trinajstić information content (AvgIpc) is 2.97. The zero-order chi connectivity index (χ0) is 17.1. The molecule has 6 heteroatoms. The summed E-state index contributed by atoms with van der Waals surface area (Å²) in [5.41, 5.74) is 3.58. The minimum Gasteiger partial charge on any atom is -0.322 e. The van der Waals surface area contributed by atoms with E-state index in [9.17, 15) is 4.79 Å². The monoisotopic (exact) mass is 338 g/mol. The summed E-state index contributed by atoms with van der Waals surface area (Å²) in [6.07, 6.45) is 1.67. The van der Waals surface area contributed by atoms with Crippen LogP contribution in [0.1, 0.15) is 21.5 Å². The summed E-state index contributed by atoms with van der Waals surface area (Å²) in [6, 6.07) is 13.4. The van der Waals surface area contributed by atoms with Crippen LogP contribution >= 0.6 is 11.8 Å². The lowest BCUT2D eigenvalue weighted by atomic mass is 10.0. The van der Waals surface area contributed by atoms with E-state index in [-0.39, 0.29) is 5.91 Å². The number of anilines is 1. The lowest BCUT2D eigenvalue weighted by Gasteiger charge is -2.10. The number of amides is 1. The molecule has 3 rings (SSSR count). The van der Waals surface area contributed by atoms with Gasteiger partial charge in [-0.25, -0.2) is 0 Å². The van der Waals surface area contributed by atoms with Crippen LogP contribution in [0.3, 0.4) is 0 Å². The van der Waals surface area contributed by atoms with Crippen LogP contribution in [0.2, 0.25) is 0 Å². The van der Waals surface area contributed by atoms with Crippen LogP contribution < -0.4 is 5.32 Å². The molecule has 0 saturated heterocycles. The molecule has 0 aliphatic rings. The summed E-state index contributed by atoms with van der Waals surface area (Å²) in [4.78, 5) is 13.5. The molecular weight excluding hydrogens is 320 g/mol. The van der Waals surface area contributed by atoms with E-state index in [0.717, 1.165) is 26.9 Å². The van der Waals surface area contributed by atoms with Gasteiger partial charge < -0.3 is 9.88 Å². The zero-order valence-corrected chi connectivity index (χ0v) is 14.6. The molecule has 0 saturated carbocycles. The lowest BCUT2D eigenvalue weighted by Crippen LogP contribution is -2.13. The lowest BCUT2D eigenvalue weighted by molar-refractivity contribution is 0.102. The Morgan fingerprint density at radius 1 is 1.12 bits per heavy atom. The van der Waals surface area contributed by atoms with Gasteiger partial charge in [0, 0.05) is 23.2 Å². The van der Waals surface area contributed by atoms with Gasteiger partial charge in [-0.15, -0.1) is 10.2 Å². The standard InChI is InChI=1S/C18H18N4OS/c1-12-5-4-6-16(13(12)2)17(23)20-14-7-9-15(10-8-14)24-18-21-19-11-22(18)3/h4-11H,1-3H3,(H,20,23). The van der Waals surface area contributed by atoms with Gasteiger partial charge in [-0.3, -0.25) is 4.79 Å². The van der Waals surface area contributed by atoms with Gasteiger partial charge in [0.2, 0.25) is 0 Å². The molecular formula is C18H18N4OS. The third kappa shape index (κ3) is 3.49. The van der Waals surface area contributed by atoms with E-state index in [1.807, 2.05) is 67.9 Å². The van der Waals surface area contributed by atoms with Crippen molar-refractivity contribution >= 4 is 23.4 Å². The number of nitrogens with one attached hydrogen (secondary N) is 1. The number of aryl methyl sites for hydroxylation is 2. The van der Waals surface area contributed by atoms with Gasteiger partial charge in [0.25, 0.3) is 5.91 Å². The number of rotatable bonds is 4. The maximum Gasteiger partial charge on any atom is 0.255 e. The molecule has 0 radical (unpaired) electrons. The van der Waals surface area contributed by atoms with E-state index in [2.05, 4.69) is 15.5 Å². The van der Waals surface area contributed by atoms with Crippen LogP contribution in [0.25, 0.3) is 0 Å². The predicted octanol–water partition coefficient (Wildman–Crippen LogP) is 3.84. The molecule has 1 N–H and O–H groups in total. The van der Waals surface area contributed by atoms with Crippen molar-refractivity contribution in [3.05, 3.63) is 65.5 Å².